The number of aromatic nitrogens is 2. The van der Waals surface area contributed by atoms with Gasteiger partial charge in [0, 0.05) is 11.9 Å². The molecular weight excluding hydrogens is 232 g/mol. The van der Waals surface area contributed by atoms with Crippen molar-refractivity contribution < 1.29 is 5.11 Å². The van der Waals surface area contributed by atoms with Crippen molar-refractivity contribution in [1.82, 2.24) is 9.78 Å². The molecule has 0 bridgehead atoms. The second kappa shape index (κ2) is 4.94. The molecule has 0 saturated heterocycles. The van der Waals surface area contributed by atoms with E-state index in [1.807, 2.05) is 49.0 Å². The van der Waals surface area contributed by atoms with Crippen LogP contribution in [0.3, 0.4) is 0 Å². The molecule has 4 heteroatoms. The van der Waals surface area contributed by atoms with Gasteiger partial charge < -0.3 is 5.11 Å². The van der Waals surface area contributed by atoms with Crippen LogP contribution in [-0.4, -0.2) is 14.9 Å². The van der Waals surface area contributed by atoms with Crippen molar-refractivity contribution in [2.75, 3.05) is 0 Å². The molecule has 0 fully saturated rings. The Morgan fingerprint density at radius 1 is 1.35 bits per heavy atom. The number of hydrogen-bond acceptors (Lipinski definition) is 3. The van der Waals surface area contributed by atoms with E-state index in [1.165, 1.54) is 0 Å². The molecule has 0 radical (unpaired) electrons. The first-order chi connectivity index (χ1) is 8.08. The SMILES string of the molecule is Cc1cc(Sc2ccccc2[C@@H](C)O)n(C)n1. The van der Waals surface area contributed by atoms with Crippen LogP contribution >= 0.6 is 11.8 Å². The second-order valence-corrected chi connectivity index (χ2v) is 5.13. The third-order valence-corrected chi connectivity index (χ3v) is 3.73. The average Bonchev–Trinajstić information content (AvgIpc) is 2.58. The highest BCUT2D eigenvalue weighted by Gasteiger charge is 2.10. The van der Waals surface area contributed by atoms with E-state index < -0.39 is 6.10 Å². The zero-order chi connectivity index (χ0) is 12.4. The number of aliphatic hydroxyl groups excluding tert-OH is 1. The van der Waals surface area contributed by atoms with Gasteiger partial charge in [0.15, 0.2) is 0 Å². The van der Waals surface area contributed by atoms with Crippen molar-refractivity contribution in [3.8, 4) is 0 Å². The largest absolute Gasteiger partial charge is 0.389 e. The summed E-state index contributed by atoms with van der Waals surface area (Å²) in [7, 11) is 1.93. The monoisotopic (exact) mass is 248 g/mol. The molecule has 17 heavy (non-hydrogen) atoms. The maximum absolute atomic E-state index is 9.72. The minimum atomic E-state index is -0.451. The molecule has 1 heterocycles. The van der Waals surface area contributed by atoms with Gasteiger partial charge in [-0.2, -0.15) is 5.10 Å². The van der Waals surface area contributed by atoms with Crippen LogP contribution in [0, 0.1) is 6.92 Å². The van der Waals surface area contributed by atoms with Crippen LogP contribution in [0.25, 0.3) is 0 Å². The number of aryl methyl sites for hydroxylation is 2. The van der Waals surface area contributed by atoms with Crippen LogP contribution in [0.2, 0.25) is 0 Å². The van der Waals surface area contributed by atoms with Crippen LogP contribution in [0.15, 0.2) is 40.3 Å². The smallest absolute Gasteiger partial charge is 0.0987 e. The van der Waals surface area contributed by atoms with Gasteiger partial charge in [0.25, 0.3) is 0 Å². The fraction of sp³-hybridized carbons (Fsp3) is 0.308. The van der Waals surface area contributed by atoms with Gasteiger partial charge in [-0.05, 0) is 31.5 Å². The van der Waals surface area contributed by atoms with Gasteiger partial charge in [-0.15, -0.1) is 0 Å². The van der Waals surface area contributed by atoms with Gasteiger partial charge >= 0.3 is 0 Å². The molecule has 2 aromatic rings. The van der Waals surface area contributed by atoms with Gasteiger partial charge in [0.2, 0.25) is 0 Å². The quantitative estimate of drug-likeness (QED) is 0.907. The fourth-order valence-corrected chi connectivity index (χ4v) is 2.84. The Morgan fingerprint density at radius 2 is 2.06 bits per heavy atom. The predicted molar refractivity (Wildman–Crippen MR) is 69.1 cm³/mol. The molecule has 1 aromatic heterocycles. The minimum Gasteiger partial charge on any atom is -0.389 e. The van der Waals surface area contributed by atoms with Gasteiger partial charge in [-0.1, -0.05) is 30.0 Å². The summed E-state index contributed by atoms with van der Waals surface area (Å²) in [6, 6.07) is 9.95. The van der Waals surface area contributed by atoms with E-state index in [-0.39, 0.29) is 0 Å². The van der Waals surface area contributed by atoms with E-state index in [1.54, 1.807) is 18.7 Å². The lowest BCUT2D eigenvalue weighted by atomic mass is 10.1. The number of rotatable bonds is 3. The Labute approximate surface area is 105 Å². The van der Waals surface area contributed by atoms with E-state index in [2.05, 4.69) is 5.10 Å². The number of aliphatic hydroxyl groups is 1. The maximum atomic E-state index is 9.72. The molecule has 0 aliphatic rings. The summed E-state index contributed by atoms with van der Waals surface area (Å²) < 4.78 is 1.86. The van der Waals surface area contributed by atoms with Crippen molar-refractivity contribution >= 4 is 11.8 Å². The van der Waals surface area contributed by atoms with Crippen molar-refractivity contribution in [3.63, 3.8) is 0 Å². The van der Waals surface area contributed by atoms with Crippen LogP contribution < -0.4 is 0 Å². The third-order valence-electron chi connectivity index (χ3n) is 2.54. The Hall–Kier alpha value is -1.26. The van der Waals surface area contributed by atoms with Gasteiger partial charge in [-0.3, -0.25) is 4.68 Å². The Bertz CT molecular complexity index is 520. The van der Waals surface area contributed by atoms with Gasteiger partial charge in [-0.25, -0.2) is 0 Å². The van der Waals surface area contributed by atoms with E-state index in [0.717, 1.165) is 21.2 Å². The van der Waals surface area contributed by atoms with E-state index >= 15 is 0 Å². The molecule has 0 aliphatic carbocycles. The van der Waals surface area contributed by atoms with E-state index in [9.17, 15) is 5.11 Å². The Kier molecular flexibility index (Phi) is 3.54. The molecule has 0 unspecified atom stereocenters. The zero-order valence-corrected chi connectivity index (χ0v) is 11.0. The van der Waals surface area contributed by atoms with Gasteiger partial charge in [0.05, 0.1) is 16.8 Å². The molecule has 1 atom stereocenters. The van der Waals surface area contributed by atoms with Crippen LogP contribution in [0.1, 0.15) is 24.3 Å². The molecule has 0 aliphatic heterocycles. The standard InChI is InChI=1S/C13H16N2OS/c1-9-8-13(15(3)14-9)17-12-7-5-4-6-11(12)10(2)16/h4-8,10,16H,1-3H3/t10-/m1/s1. The molecule has 90 valence electrons. The molecule has 0 amide bonds. The molecule has 0 spiro atoms. The first-order valence-corrected chi connectivity index (χ1v) is 6.35. The summed E-state index contributed by atoms with van der Waals surface area (Å²) >= 11 is 1.63. The summed E-state index contributed by atoms with van der Waals surface area (Å²) in [6.07, 6.45) is -0.451. The van der Waals surface area contributed by atoms with Crippen molar-refractivity contribution in [3.05, 3.63) is 41.6 Å². The third kappa shape index (κ3) is 2.70. The summed E-state index contributed by atoms with van der Waals surface area (Å²) in [5, 5.41) is 15.1. The van der Waals surface area contributed by atoms with E-state index in [4.69, 9.17) is 0 Å². The summed E-state index contributed by atoms with van der Waals surface area (Å²) in [6.45, 7) is 3.76. The maximum Gasteiger partial charge on any atom is 0.0987 e. The minimum absolute atomic E-state index is 0.451. The Balaban J connectivity index is 2.33. The average molecular weight is 248 g/mol. The lowest BCUT2D eigenvalue weighted by Gasteiger charge is -2.10. The molecule has 2 rings (SSSR count). The summed E-state index contributed by atoms with van der Waals surface area (Å²) in [5.74, 6) is 0. The Morgan fingerprint density at radius 3 is 2.65 bits per heavy atom. The highest BCUT2D eigenvalue weighted by molar-refractivity contribution is 7.99. The first-order valence-electron chi connectivity index (χ1n) is 5.53. The molecule has 3 nitrogen and oxygen atoms in total. The number of hydrogen-bond donors (Lipinski definition) is 1. The van der Waals surface area contributed by atoms with Gasteiger partial charge in [0.1, 0.15) is 0 Å². The van der Waals surface area contributed by atoms with Crippen molar-refractivity contribution in [1.29, 1.82) is 0 Å². The highest BCUT2D eigenvalue weighted by atomic mass is 32.2. The first kappa shape index (κ1) is 12.2. The van der Waals surface area contributed by atoms with Crippen LogP contribution in [0.4, 0.5) is 0 Å². The van der Waals surface area contributed by atoms with Crippen LogP contribution in [0.5, 0.6) is 0 Å². The summed E-state index contributed by atoms with van der Waals surface area (Å²) in [5.41, 5.74) is 1.96. The molecule has 1 N–H and O–H groups in total. The fourth-order valence-electron chi connectivity index (χ4n) is 1.71. The number of benzene rings is 1. The number of nitrogens with zero attached hydrogens (tertiary/aromatic N) is 2. The lowest BCUT2D eigenvalue weighted by Crippen LogP contribution is -1.96. The normalized spacial score (nSPS) is 12.7. The zero-order valence-electron chi connectivity index (χ0n) is 10.2. The summed E-state index contributed by atoms with van der Waals surface area (Å²) in [4.78, 5) is 1.07. The molecule has 0 saturated carbocycles. The topological polar surface area (TPSA) is 38.0 Å². The van der Waals surface area contributed by atoms with Crippen molar-refractivity contribution in [2.45, 2.75) is 29.9 Å². The molecular formula is C13H16N2OS. The predicted octanol–water partition coefficient (Wildman–Crippen LogP) is 2.93. The molecule has 1 aromatic carbocycles. The van der Waals surface area contributed by atoms with Crippen LogP contribution in [-0.2, 0) is 7.05 Å². The highest BCUT2D eigenvalue weighted by Crippen LogP contribution is 2.33. The second-order valence-electron chi connectivity index (χ2n) is 4.06. The lowest BCUT2D eigenvalue weighted by molar-refractivity contribution is 0.196. The van der Waals surface area contributed by atoms with E-state index in [0.29, 0.717) is 0 Å². The van der Waals surface area contributed by atoms with Crippen molar-refractivity contribution in [2.24, 2.45) is 7.05 Å².